The molecule has 36 heavy (non-hydrogen) atoms. The SMILES string of the molecule is O=C(c1cccc2ncccc12)N1CCN(c2ccc(OC3CCN(C4CCC4)CC3)cc2)C(=O)C1. The summed E-state index contributed by atoms with van der Waals surface area (Å²) >= 11 is 0. The topological polar surface area (TPSA) is 66.0 Å². The maximum absolute atomic E-state index is 13.2. The third kappa shape index (κ3) is 4.55. The van der Waals surface area contributed by atoms with E-state index in [4.69, 9.17) is 4.74 Å². The highest BCUT2D eigenvalue weighted by Crippen LogP contribution is 2.29. The van der Waals surface area contributed by atoms with Crippen LogP contribution >= 0.6 is 0 Å². The van der Waals surface area contributed by atoms with E-state index in [9.17, 15) is 9.59 Å². The van der Waals surface area contributed by atoms with Crippen LogP contribution in [0.4, 0.5) is 5.69 Å². The van der Waals surface area contributed by atoms with Crippen LogP contribution in [-0.4, -0.2) is 71.5 Å². The molecule has 3 fully saturated rings. The lowest BCUT2D eigenvalue weighted by molar-refractivity contribution is -0.120. The average Bonchev–Trinajstić information content (AvgIpc) is 2.88. The Hall–Kier alpha value is -3.45. The molecule has 3 heterocycles. The van der Waals surface area contributed by atoms with E-state index in [0.29, 0.717) is 18.7 Å². The number of likely N-dealkylation sites (tertiary alicyclic amines) is 1. The quantitative estimate of drug-likeness (QED) is 0.545. The van der Waals surface area contributed by atoms with Crippen molar-refractivity contribution in [2.24, 2.45) is 0 Å². The van der Waals surface area contributed by atoms with Crippen molar-refractivity contribution in [3.8, 4) is 5.75 Å². The first-order valence-corrected chi connectivity index (χ1v) is 13.1. The lowest BCUT2D eigenvalue weighted by atomic mass is 9.90. The Bertz CT molecular complexity index is 1240. The summed E-state index contributed by atoms with van der Waals surface area (Å²) in [5, 5.41) is 0.809. The van der Waals surface area contributed by atoms with Gasteiger partial charge >= 0.3 is 0 Å². The van der Waals surface area contributed by atoms with Crippen molar-refractivity contribution in [1.82, 2.24) is 14.8 Å². The van der Waals surface area contributed by atoms with Gasteiger partial charge in [0, 0.05) is 55.1 Å². The summed E-state index contributed by atoms with van der Waals surface area (Å²) in [7, 11) is 0. The molecule has 0 radical (unpaired) electrons. The summed E-state index contributed by atoms with van der Waals surface area (Å²) in [5.41, 5.74) is 2.20. The lowest BCUT2D eigenvalue weighted by Crippen LogP contribution is -2.52. The number of pyridine rings is 1. The van der Waals surface area contributed by atoms with E-state index < -0.39 is 0 Å². The molecule has 0 spiro atoms. The third-order valence-electron chi connectivity index (χ3n) is 7.90. The molecule has 0 bridgehead atoms. The Morgan fingerprint density at radius 2 is 1.69 bits per heavy atom. The van der Waals surface area contributed by atoms with Gasteiger partial charge in [0.25, 0.3) is 5.91 Å². The van der Waals surface area contributed by atoms with Crippen LogP contribution in [0.3, 0.4) is 0 Å². The molecule has 3 aliphatic rings. The minimum absolute atomic E-state index is 0.0628. The van der Waals surface area contributed by atoms with Crippen molar-refractivity contribution in [1.29, 1.82) is 0 Å². The number of rotatable bonds is 5. The molecule has 0 atom stereocenters. The Kier molecular flexibility index (Phi) is 6.32. The van der Waals surface area contributed by atoms with Crippen molar-refractivity contribution in [3.05, 3.63) is 66.4 Å². The van der Waals surface area contributed by atoms with Crippen LogP contribution in [-0.2, 0) is 4.79 Å². The number of fused-ring (bicyclic) bond motifs is 1. The molecule has 0 unspecified atom stereocenters. The second kappa shape index (κ2) is 9.90. The number of benzene rings is 2. The van der Waals surface area contributed by atoms with E-state index in [2.05, 4.69) is 9.88 Å². The van der Waals surface area contributed by atoms with Crippen molar-refractivity contribution in [3.63, 3.8) is 0 Å². The third-order valence-corrected chi connectivity index (χ3v) is 7.90. The number of piperidine rings is 1. The van der Waals surface area contributed by atoms with Gasteiger partial charge in [-0.1, -0.05) is 18.6 Å². The zero-order valence-electron chi connectivity index (χ0n) is 20.5. The Morgan fingerprint density at radius 3 is 2.42 bits per heavy atom. The van der Waals surface area contributed by atoms with Gasteiger partial charge in [-0.15, -0.1) is 0 Å². The average molecular weight is 485 g/mol. The molecule has 1 aromatic heterocycles. The predicted molar refractivity (Wildman–Crippen MR) is 139 cm³/mol. The second-order valence-corrected chi connectivity index (χ2v) is 10.1. The highest BCUT2D eigenvalue weighted by atomic mass is 16.5. The van der Waals surface area contributed by atoms with Gasteiger partial charge < -0.3 is 19.4 Å². The number of hydrogen-bond donors (Lipinski definition) is 0. The summed E-state index contributed by atoms with van der Waals surface area (Å²) in [6.45, 7) is 3.26. The van der Waals surface area contributed by atoms with Crippen molar-refractivity contribution in [2.75, 3.05) is 37.6 Å². The Labute approximate surface area is 211 Å². The number of carbonyl (C=O) groups is 2. The number of anilines is 1. The van der Waals surface area contributed by atoms with Gasteiger partial charge in [0.05, 0.1) is 5.52 Å². The lowest BCUT2D eigenvalue weighted by Gasteiger charge is -2.41. The predicted octanol–water partition coefficient (Wildman–Crippen LogP) is 4.12. The molecule has 1 saturated carbocycles. The molecule has 6 rings (SSSR count). The van der Waals surface area contributed by atoms with Crippen molar-refractivity contribution < 1.29 is 14.3 Å². The summed E-state index contributed by atoms with van der Waals surface area (Å²) in [6.07, 6.45) is 8.20. The van der Waals surface area contributed by atoms with Gasteiger partial charge in [0.15, 0.2) is 0 Å². The fourth-order valence-electron chi connectivity index (χ4n) is 5.59. The minimum atomic E-state index is -0.131. The zero-order valence-corrected chi connectivity index (χ0v) is 20.5. The number of piperazine rings is 1. The molecule has 2 amide bonds. The smallest absolute Gasteiger partial charge is 0.255 e. The van der Waals surface area contributed by atoms with Gasteiger partial charge in [0.2, 0.25) is 5.91 Å². The van der Waals surface area contributed by atoms with Gasteiger partial charge in [0.1, 0.15) is 18.4 Å². The van der Waals surface area contributed by atoms with Crippen LogP contribution < -0.4 is 9.64 Å². The molecule has 1 aliphatic carbocycles. The highest BCUT2D eigenvalue weighted by molar-refractivity contribution is 6.08. The molecular weight excluding hydrogens is 452 g/mol. The number of hydrogen-bond acceptors (Lipinski definition) is 5. The maximum atomic E-state index is 13.2. The van der Waals surface area contributed by atoms with E-state index in [1.807, 2.05) is 48.5 Å². The normalized spacial score (nSPS) is 19.9. The van der Waals surface area contributed by atoms with E-state index in [0.717, 1.165) is 54.3 Å². The van der Waals surface area contributed by atoms with E-state index in [-0.39, 0.29) is 24.5 Å². The van der Waals surface area contributed by atoms with Gasteiger partial charge in [-0.25, -0.2) is 0 Å². The molecule has 2 saturated heterocycles. The van der Waals surface area contributed by atoms with Crippen LogP contribution in [0.25, 0.3) is 10.9 Å². The second-order valence-electron chi connectivity index (χ2n) is 10.1. The molecule has 7 heteroatoms. The van der Waals surface area contributed by atoms with Crippen LogP contribution in [0.5, 0.6) is 5.75 Å². The standard InChI is InChI=1S/C29H32N4O3/c34-28-20-32(29(35)26-6-2-8-27-25(26)7-3-15-30-27)18-19-33(28)22-9-11-23(12-10-22)36-24-13-16-31(17-14-24)21-4-1-5-21/h2-3,6-12,15,21,24H,1,4-5,13-14,16-20H2. The first-order chi connectivity index (χ1) is 17.7. The summed E-state index contributed by atoms with van der Waals surface area (Å²) in [4.78, 5) is 36.6. The first kappa shape index (κ1) is 23.0. The van der Waals surface area contributed by atoms with Gasteiger partial charge in [-0.05, 0) is 68.1 Å². The summed E-state index contributed by atoms with van der Waals surface area (Å²) < 4.78 is 6.25. The Morgan fingerprint density at radius 1 is 0.889 bits per heavy atom. The fraction of sp³-hybridized carbons (Fsp3) is 0.414. The molecule has 3 aromatic rings. The number of ether oxygens (including phenoxy) is 1. The van der Waals surface area contributed by atoms with E-state index >= 15 is 0 Å². The molecule has 2 aromatic carbocycles. The van der Waals surface area contributed by atoms with Gasteiger partial charge in [-0.3, -0.25) is 14.6 Å². The van der Waals surface area contributed by atoms with E-state index in [1.54, 1.807) is 22.1 Å². The molecule has 186 valence electrons. The van der Waals surface area contributed by atoms with Crippen LogP contribution in [0.15, 0.2) is 60.8 Å². The number of amides is 2. The molecule has 0 N–H and O–H groups in total. The van der Waals surface area contributed by atoms with Crippen molar-refractivity contribution in [2.45, 2.75) is 44.2 Å². The summed E-state index contributed by atoms with van der Waals surface area (Å²) in [6, 6.07) is 17.9. The van der Waals surface area contributed by atoms with E-state index in [1.165, 1.54) is 19.3 Å². The minimum Gasteiger partial charge on any atom is -0.490 e. The zero-order chi connectivity index (χ0) is 24.5. The largest absolute Gasteiger partial charge is 0.490 e. The van der Waals surface area contributed by atoms with Crippen LogP contribution in [0, 0.1) is 0 Å². The summed E-state index contributed by atoms with van der Waals surface area (Å²) in [5.74, 6) is 0.644. The molecule has 2 aliphatic heterocycles. The van der Waals surface area contributed by atoms with Crippen LogP contribution in [0.2, 0.25) is 0 Å². The number of carbonyl (C=O) groups excluding carboxylic acids is 2. The maximum Gasteiger partial charge on any atom is 0.255 e. The van der Waals surface area contributed by atoms with Crippen LogP contribution in [0.1, 0.15) is 42.5 Å². The molecule has 7 nitrogen and oxygen atoms in total. The monoisotopic (exact) mass is 484 g/mol. The fourth-order valence-corrected chi connectivity index (χ4v) is 5.59. The first-order valence-electron chi connectivity index (χ1n) is 13.1. The number of nitrogens with zero attached hydrogens (tertiary/aromatic N) is 4. The highest BCUT2D eigenvalue weighted by Gasteiger charge is 2.31. The molecular formula is C29H32N4O3. The van der Waals surface area contributed by atoms with Gasteiger partial charge in [-0.2, -0.15) is 0 Å². The number of aromatic nitrogens is 1. The Balaban J connectivity index is 1.05. The van der Waals surface area contributed by atoms with Crippen molar-refractivity contribution >= 4 is 28.4 Å².